The van der Waals surface area contributed by atoms with Crippen molar-refractivity contribution in [3.05, 3.63) is 57.9 Å². The van der Waals surface area contributed by atoms with Crippen LogP contribution in [-0.2, 0) is 11.3 Å². The largest absolute Gasteiger partial charge is 0.351 e. The van der Waals surface area contributed by atoms with Crippen molar-refractivity contribution in [1.29, 1.82) is 0 Å². The molecular formula is C14H14FN3O2S. The van der Waals surface area contributed by atoms with Crippen LogP contribution in [0.4, 0.5) is 4.39 Å². The van der Waals surface area contributed by atoms with Gasteiger partial charge in [-0.25, -0.2) is 14.2 Å². The number of carbonyl (C=O) groups is 1. The molecule has 0 unspecified atom stereocenters. The third kappa shape index (κ3) is 4.42. The Bertz CT molecular complexity index is 703. The number of hydrogen-bond donors (Lipinski definition) is 2. The van der Waals surface area contributed by atoms with Crippen molar-refractivity contribution in [1.82, 2.24) is 15.3 Å². The number of thioether (sulfide) groups is 1. The van der Waals surface area contributed by atoms with Gasteiger partial charge in [-0.2, -0.15) is 0 Å². The first-order valence-electron chi connectivity index (χ1n) is 6.25. The average molecular weight is 307 g/mol. The van der Waals surface area contributed by atoms with Crippen molar-refractivity contribution in [3.8, 4) is 0 Å². The zero-order valence-corrected chi connectivity index (χ0v) is 12.2. The number of aryl methyl sites for hydroxylation is 1. The Labute approximate surface area is 125 Å². The Morgan fingerprint density at radius 2 is 2.19 bits per heavy atom. The highest BCUT2D eigenvalue weighted by Gasteiger charge is 2.07. The molecule has 1 aromatic carbocycles. The van der Waals surface area contributed by atoms with Gasteiger partial charge in [0.15, 0.2) is 0 Å². The lowest BCUT2D eigenvalue weighted by atomic mass is 10.2. The molecule has 1 amide bonds. The summed E-state index contributed by atoms with van der Waals surface area (Å²) < 4.78 is 13.4. The fraction of sp³-hybridized carbons (Fsp3) is 0.214. The van der Waals surface area contributed by atoms with Gasteiger partial charge in [-0.05, 0) is 18.6 Å². The number of amides is 1. The van der Waals surface area contributed by atoms with Gasteiger partial charge in [0.05, 0.1) is 10.8 Å². The number of nitrogens with one attached hydrogen (secondary N) is 2. The van der Waals surface area contributed by atoms with Gasteiger partial charge >= 0.3 is 5.69 Å². The van der Waals surface area contributed by atoms with Crippen LogP contribution in [-0.4, -0.2) is 21.6 Å². The summed E-state index contributed by atoms with van der Waals surface area (Å²) in [5, 5.41) is 3.24. The standard InChI is InChI=1S/C14H14FN3O2S/c1-9-6-17-14(20)18-13(9)21-8-12(19)16-7-10-4-2-3-5-11(10)15/h2-6H,7-8H2,1H3,(H,16,19)(H,17,18,20). The van der Waals surface area contributed by atoms with Gasteiger partial charge in [0.1, 0.15) is 5.82 Å². The molecule has 0 fully saturated rings. The van der Waals surface area contributed by atoms with Crippen LogP contribution in [0.5, 0.6) is 0 Å². The number of rotatable bonds is 5. The summed E-state index contributed by atoms with van der Waals surface area (Å²) in [6.45, 7) is 1.93. The molecule has 2 rings (SSSR count). The molecule has 0 saturated carbocycles. The van der Waals surface area contributed by atoms with Crippen molar-refractivity contribution in [3.63, 3.8) is 0 Å². The third-order valence-electron chi connectivity index (χ3n) is 2.74. The van der Waals surface area contributed by atoms with Crippen molar-refractivity contribution in [2.45, 2.75) is 18.5 Å². The maximum absolute atomic E-state index is 13.4. The van der Waals surface area contributed by atoms with Crippen LogP contribution >= 0.6 is 11.8 Å². The molecule has 7 heteroatoms. The highest BCUT2D eigenvalue weighted by atomic mass is 32.2. The third-order valence-corrected chi connectivity index (χ3v) is 3.85. The van der Waals surface area contributed by atoms with Crippen LogP contribution < -0.4 is 11.0 Å². The molecule has 1 aromatic heterocycles. The van der Waals surface area contributed by atoms with Crippen molar-refractivity contribution in [2.75, 3.05) is 5.75 Å². The molecular weight excluding hydrogens is 293 g/mol. The van der Waals surface area contributed by atoms with Crippen molar-refractivity contribution in [2.24, 2.45) is 0 Å². The molecule has 0 saturated heterocycles. The summed E-state index contributed by atoms with van der Waals surface area (Å²) in [6, 6.07) is 6.28. The van der Waals surface area contributed by atoms with E-state index in [0.717, 1.165) is 5.56 Å². The van der Waals surface area contributed by atoms with Gasteiger partial charge in [0, 0.05) is 18.3 Å². The number of carbonyl (C=O) groups excluding carboxylic acids is 1. The van der Waals surface area contributed by atoms with Crippen LogP contribution in [0.1, 0.15) is 11.1 Å². The molecule has 0 aliphatic rings. The van der Waals surface area contributed by atoms with E-state index in [1.54, 1.807) is 25.1 Å². The zero-order chi connectivity index (χ0) is 15.2. The van der Waals surface area contributed by atoms with Crippen LogP contribution in [0.15, 0.2) is 40.3 Å². The van der Waals surface area contributed by atoms with Gasteiger partial charge < -0.3 is 10.3 Å². The second kappa shape index (κ2) is 7.03. The van der Waals surface area contributed by atoms with Gasteiger partial charge in [0.25, 0.3) is 0 Å². The quantitative estimate of drug-likeness (QED) is 0.650. The van der Waals surface area contributed by atoms with Crippen LogP contribution in [0.3, 0.4) is 0 Å². The van der Waals surface area contributed by atoms with Crippen molar-refractivity contribution < 1.29 is 9.18 Å². The predicted octanol–water partition coefficient (Wildman–Crippen LogP) is 1.63. The average Bonchev–Trinajstić information content (AvgIpc) is 2.47. The van der Waals surface area contributed by atoms with Gasteiger partial charge in [0.2, 0.25) is 5.91 Å². The molecule has 5 nitrogen and oxygen atoms in total. The first-order chi connectivity index (χ1) is 10.1. The van der Waals surface area contributed by atoms with Crippen LogP contribution in [0.25, 0.3) is 0 Å². The van der Waals surface area contributed by atoms with E-state index >= 15 is 0 Å². The predicted molar refractivity (Wildman–Crippen MR) is 78.6 cm³/mol. The monoisotopic (exact) mass is 307 g/mol. The van der Waals surface area contributed by atoms with E-state index in [-0.39, 0.29) is 24.0 Å². The Hall–Kier alpha value is -2.15. The van der Waals surface area contributed by atoms with E-state index in [0.29, 0.717) is 10.6 Å². The second-order valence-electron chi connectivity index (χ2n) is 4.36. The zero-order valence-electron chi connectivity index (χ0n) is 11.4. The number of aromatic amines is 1. The molecule has 0 aliphatic carbocycles. The number of H-pyrrole nitrogens is 1. The van der Waals surface area contributed by atoms with E-state index in [4.69, 9.17) is 0 Å². The molecule has 110 valence electrons. The van der Waals surface area contributed by atoms with E-state index < -0.39 is 5.69 Å². The molecule has 0 spiro atoms. The van der Waals surface area contributed by atoms with Gasteiger partial charge in [-0.1, -0.05) is 30.0 Å². The number of nitrogens with zero attached hydrogens (tertiary/aromatic N) is 1. The summed E-state index contributed by atoms with van der Waals surface area (Å²) in [4.78, 5) is 29.0. The summed E-state index contributed by atoms with van der Waals surface area (Å²) in [7, 11) is 0. The smallest absolute Gasteiger partial charge is 0.345 e. The summed E-state index contributed by atoms with van der Waals surface area (Å²) in [5.41, 5.74) is 0.778. The van der Waals surface area contributed by atoms with Crippen LogP contribution in [0, 0.1) is 12.7 Å². The number of hydrogen-bond acceptors (Lipinski definition) is 4. The van der Waals surface area contributed by atoms with Crippen molar-refractivity contribution >= 4 is 17.7 Å². The lowest BCUT2D eigenvalue weighted by Gasteiger charge is -2.07. The molecule has 21 heavy (non-hydrogen) atoms. The highest BCUT2D eigenvalue weighted by Crippen LogP contribution is 2.16. The Kier molecular flexibility index (Phi) is 5.10. The molecule has 0 aliphatic heterocycles. The van der Waals surface area contributed by atoms with E-state index in [1.165, 1.54) is 24.0 Å². The number of aromatic nitrogens is 2. The van der Waals surface area contributed by atoms with E-state index in [2.05, 4.69) is 15.3 Å². The molecule has 1 heterocycles. The lowest BCUT2D eigenvalue weighted by Crippen LogP contribution is -2.25. The highest BCUT2D eigenvalue weighted by molar-refractivity contribution is 7.99. The molecule has 0 atom stereocenters. The Morgan fingerprint density at radius 3 is 2.95 bits per heavy atom. The minimum absolute atomic E-state index is 0.134. The van der Waals surface area contributed by atoms with E-state index in [9.17, 15) is 14.0 Å². The first kappa shape index (κ1) is 15.2. The van der Waals surface area contributed by atoms with E-state index in [1.807, 2.05) is 0 Å². The molecule has 2 N–H and O–H groups in total. The fourth-order valence-electron chi connectivity index (χ4n) is 1.62. The van der Waals surface area contributed by atoms with Gasteiger partial charge in [-0.15, -0.1) is 0 Å². The van der Waals surface area contributed by atoms with Crippen LogP contribution in [0.2, 0.25) is 0 Å². The number of benzene rings is 1. The second-order valence-corrected chi connectivity index (χ2v) is 5.34. The minimum Gasteiger partial charge on any atom is -0.351 e. The normalized spacial score (nSPS) is 10.4. The Morgan fingerprint density at radius 1 is 1.43 bits per heavy atom. The summed E-state index contributed by atoms with van der Waals surface area (Å²) in [6.07, 6.45) is 1.46. The topological polar surface area (TPSA) is 74.8 Å². The van der Waals surface area contributed by atoms with Gasteiger partial charge in [-0.3, -0.25) is 4.79 Å². The first-order valence-corrected chi connectivity index (χ1v) is 7.23. The fourth-order valence-corrected chi connectivity index (χ4v) is 2.43. The lowest BCUT2D eigenvalue weighted by molar-refractivity contribution is -0.118. The molecule has 0 radical (unpaired) electrons. The minimum atomic E-state index is -0.449. The maximum atomic E-state index is 13.4. The SMILES string of the molecule is Cc1cnc(=O)[nH]c1SCC(=O)NCc1ccccc1F. The molecule has 0 bridgehead atoms. The number of halogens is 1. The summed E-state index contributed by atoms with van der Waals surface area (Å²) >= 11 is 1.21. The summed E-state index contributed by atoms with van der Waals surface area (Å²) in [5.74, 6) is -0.449. The maximum Gasteiger partial charge on any atom is 0.345 e. The Balaban J connectivity index is 1.87. The molecule has 2 aromatic rings.